The lowest BCUT2D eigenvalue weighted by molar-refractivity contribution is 0.0868. The first-order valence-corrected chi connectivity index (χ1v) is 11.4. The Labute approximate surface area is 176 Å². The van der Waals surface area contributed by atoms with Crippen molar-refractivity contribution in [2.24, 2.45) is 0 Å². The van der Waals surface area contributed by atoms with Gasteiger partial charge in [-0.1, -0.05) is 12.1 Å². The van der Waals surface area contributed by atoms with Crippen molar-refractivity contribution in [2.75, 3.05) is 51.3 Å². The second-order valence-electron chi connectivity index (χ2n) is 7.34. The van der Waals surface area contributed by atoms with Crippen LogP contribution in [-0.2, 0) is 10.0 Å². The maximum Gasteiger partial charge on any atom is 0.269 e. The van der Waals surface area contributed by atoms with Gasteiger partial charge in [-0.3, -0.25) is 9.69 Å². The number of piperazine rings is 1. The number of rotatable bonds is 7. The van der Waals surface area contributed by atoms with Crippen molar-refractivity contribution in [3.8, 4) is 5.75 Å². The van der Waals surface area contributed by atoms with Crippen LogP contribution in [0.3, 0.4) is 0 Å². The molecule has 1 saturated heterocycles. The summed E-state index contributed by atoms with van der Waals surface area (Å²) in [5.74, 6) is 0.922. The first-order valence-electron chi connectivity index (χ1n) is 10.00. The van der Waals surface area contributed by atoms with Crippen molar-refractivity contribution < 1.29 is 17.9 Å². The van der Waals surface area contributed by atoms with E-state index in [-0.39, 0.29) is 17.0 Å². The van der Waals surface area contributed by atoms with E-state index < -0.39 is 15.9 Å². The monoisotopic (exact) mass is 431 g/mol. The van der Waals surface area contributed by atoms with Gasteiger partial charge in [0.05, 0.1) is 25.1 Å². The molecule has 0 bridgehead atoms. The van der Waals surface area contributed by atoms with E-state index in [0.717, 1.165) is 43.4 Å². The van der Waals surface area contributed by atoms with Gasteiger partial charge in [0, 0.05) is 32.7 Å². The summed E-state index contributed by atoms with van der Waals surface area (Å²) in [6, 6.07) is 6.39. The van der Waals surface area contributed by atoms with Crippen molar-refractivity contribution in [3.05, 3.63) is 42.2 Å². The van der Waals surface area contributed by atoms with Gasteiger partial charge in [0.15, 0.2) is 5.75 Å². The second-order valence-corrected chi connectivity index (χ2v) is 9.17. The SMILES string of the molecule is COc1cnc(N2CCN(CCCCN3C(=O)c4ccccc4S3(=O)=O)CC2)nc1. The number of sulfonamides is 1. The predicted molar refractivity (Wildman–Crippen MR) is 111 cm³/mol. The summed E-state index contributed by atoms with van der Waals surface area (Å²) < 4.78 is 31.2. The van der Waals surface area contributed by atoms with Crippen molar-refractivity contribution in [1.82, 2.24) is 19.2 Å². The molecule has 9 nitrogen and oxygen atoms in total. The van der Waals surface area contributed by atoms with E-state index in [4.69, 9.17) is 4.74 Å². The third kappa shape index (κ3) is 3.97. The largest absolute Gasteiger partial charge is 0.494 e. The number of aromatic nitrogens is 2. The third-order valence-electron chi connectivity index (χ3n) is 5.50. The van der Waals surface area contributed by atoms with Gasteiger partial charge >= 0.3 is 0 Å². The topological polar surface area (TPSA) is 95.9 Å². The van der Waals surface area contributed by atoms with Crippen LogP contribution in [0.5, 0.6) is 5.75 Å². The summed E-state index contributed by atoms with van der Waals surface area (Å²) in [5.41, 5.74) is 0.273. The number of methoxy groups -OCH3 is 1. The van der Waals surface area contributed by atoms with E-state index in [1.807, 2.05) is 0 Å². The van der Waals surface area contributed by atoms with Crippen molar-refractivity contribution in [1.29, 1.82) is 0 Å². The molecular formula is C20H25N5O4S. The fourth-order valence-electron chi connectivity index (χ4n) is 3.79. The molecule has 2 aliphatic heterocycles. The smallest absolute Gasteiger partial charge is 0.269 e. The minimum absolute atomic E-state index is 0.117. The molecule has 10 heteroatoms. The number of amides is 1. The number of hydrogen-bond donors (Lipinski definition) is 0. The Morgan fingerprint density at radius 1 is 1.00 bits per heavy atom. The van der Waals surface area contributed by atoms with Crippen LogP contribution in [-0.4, -0.2) is 79.9 Å². The molecule has 2 aliphatic rings. The van der Waals surface area contributed by atoms with Crippen LogP contribution in [0, 0.1) is 0 Å². The molecule has 3 heterocycles. The number of ether oxygens (including phenoxy) is 1. The molecule has 30 heavy (non-hydrogen) atoms. The van der Waals surface area contributed by atoms with E-state index in [1.165, 1.54) is 6.07 Å². The van der Waals surface area contributed by atoms with Gasteiger partial charge < -0.3 is 9.64 Å². The van der Waals surface area contributed by atoms with Crippen LogP contribution in [0.4, 0.5) is 5.95 Å². The van der Waals surface area contributed by atoms with Crippen LogP contribution in [0.1, 0.15) is 23.2 Å². The van der Waals surface area contributed by atoms with Crippen LogP contribution in [0.25, 0.3) is 0 Å². The minimum atomic E-state index is -3.70. The molecule has 0 spiro atoms. The molecule has 0 aliphatic carbocycles. The molecule has 1 fully saturated rings. The van der Waals surface area contributed by atoms with E-state index in [2.05, 4.69) is 19.8 Å². The van der Waals surface area contributed by atoms with Gasteiger partial charge in [0.1, 0.15) is 4.90 Å². The maximum atomic E-state index is 12.6. The molecule has 0 N–H and O–H groups in total. The fourth-order valence-corrected chi connectivity index (χ4v) is 5.40. The highest BCUT2D eigenvalue weighted by Crippen LogP contribution is 2.30. The zero-order valence-electron chi connectivity index (χ0n) is 16.9. The van der Waals surface area contributed by atoms with Gasteiger partial charge in [-0.2, -0.15) is 0 Å². The average molecular weight is 432 g/mol. The van der Waals surface area contributed by atoms with E-state index in [9.17, 15) is 13.2 Å². The van der Waals surface area contributed by atoms with Crippen molar-refractivity contribution in [3.63, 3.8) is 0 Å². The number of nitrogens with zero attached hydrogens (tertiary/aromatic N) is 5. The lowest BCUT2D eigenvalue weighted by Gasteiger charge is -2.34. The summed E-state index contributed by atoms with van der Waals surface area (Å²) in [5, 5.41) is 0. The number of unbranched alkanes of at least 4 members (excludes halogenated alkanes) is 1. The number of carbonyl (C=O) groups is 1. The minimum Gasteiger partial charge on any atom is -0.494 e. The quantitative estimate of drug-likeness (QED) is 0.604. The summed E-state index contributed by atoms with van der Waals surface area (Å²) in [6.07, 6.45) is 4.80. The zero-order valence-corrected chi connectivity index (χ0v) is 17.7. The van der Waals surface area contributed by atoms with Gasteiger partial charge in [0.2, 0.25) is 5.95 Å². The molecule has 0 saturated carbocycles. The zero-order chi connectivity index (χ0) is 21.1. The predicted octanol–water partition coefficient (Wildman–Crippen LogP) is 1.23. The average Bonchev–Trinajstić information content (AvgIpc) is 2.97. The van der Waals surface area contributed by atoms with Crippen LogP contribution < -0.4 is 9.64 Å². The summed E-state index contributed by atoms with van der Waals surface area (Å²) in [4.78, 5) is 25.7. The van der Waals surface area contributed by atoms with Gasteiger partial charge in [-0.25, -0.2) is 22.7 Å². The number of hydrogen-bond acceptors (Lipinski definition) is 8. The van der Waals surface area contributed by atoms with Gasteiger partial charge in [-0.05, 0) is 31.5 Å². The van der Waals surface area contributed by atoms with Crippen molar-refractivity contribution in [2.45, 2.75) is 17.7 Å². The number of anilines is 1. The second kappa shape index (κ2) is 8.57. The summed E-state index contributed by atoms with van der Waals surface area (Å²) in [7, 11) is -2.11. The highest BCUT2D eigenvalue weighted by Gasteiger charge is 2.40. The fraction of sp³-hybridized carbons (Fsp3) is 0.450. The number of benzene rings is 1. The number of carbonyl (C=O) groups excluding carboxylic acids is 1. The Kier molecular flexibility index (Phi) is 5.87. The lowest BCUT2D eigenvalue weighted by Crippen LogP contribution is -2.47. The molecule has 4 rings (SSSR count). The Balaban J connectivity index is 1.22. The highest BCUT2D eigenvalue weighted by atomic mass is 32.2. The Morgan fingerprint density at radius 2 is 1.67 bits per heavy atom. The highest BCUT2D eigenvalue weighted by molar-refractivity contribution is 7.90. The first-order chi connectivity index (χ1) is 14.5. The Hall–Kier alpha value is -2.72. The van der Waals surface area contributed by atoms with Gasteiger partial charge in [-0.15, -0.1) is 0 Å². The normalized spacial score (nSPS) is 18.5. The molecule has 160 valence electrons. The summed E-state index contributed by atoms with van der Waals surface area (Å²) in [6.45, 7) is 4.53. The lowest BCUT2D eigenvalue weighted by atomic mass is 10.2. The molecule has 0 unspecified atom stereocenters. The standard InChI is InChI=1S/C20H25N5O4S/c1-29-16-14-21-20(22-15-16)24-12-10-23(11-13-24)8-4-5-9-25-19(26)17-6-2-3-7-18(17)30(25,27)28/h2-3,6-7,14-15H,4-5,8-13H2,1H3. The van der Waals surface area contributed by atoms with Gasteiger partial charge in [0.25, 0.3) is 15.9 Å². The molecule has 1 aromatic heterocycles. The maximum absolute atomic E-state index is 12.6. The van der Waals surface area contributed by atoms with E-state index >= 15 is 0 Å². The Morgan fingerprint density at radius 3 is 2.33 bits per heavy atom. The van der Waals surface area contributed by atoms with Crippen LogP contribution in [0.2, 0.25) is 0 Å². The molecule has 0 atom stereocenters. The Bertz CT molecular complexity index is 1000. The van der Waals surface area contributed by atoms with E-state index in [1.54, 1.807) is 37.7 Å². The molecule has 1 aromatic carbocycles. The van der Waals surface area contributed by atoms with Crippen LogP contribution >= 0.6 is 0 Å². The first kappa shape index (κ1) is 20.5. The number of fused-ring (bicyclic) bond motifs is 1. The molecule has 1 amide bonds. The molecule has 2 aromatic rings. The summed E-state index contributed by atoms with van der Waals surface area (Å²) >= 11 is 0. The van der Waals surface area contributed by atoms with Crippen LogP contribution in [0.15, 0.2) is 41.6 Å². The van der Waals surface area contributed by atoms with Crippen molar-refractivity contribution >= 4 is 21.9 Å². The van der Waals surface area contributed by atoms with E-state index in [0.29, 0.717) is 18.1 Å². The molecular weight excluding hydrogens is 406 g/mol. The molecule has 0 radical (unpaired) electrons. The third-order valence-corrected chi connectivity index (χ3v) is 7.34.